The summed E-state index contributed by atoms with van der Waals surface area (Å²) >= 11 is 0. The quantitative estimate of drug-likeness (QED) is 0.722. The summed E-state index contributed by atoms with van der Waals surface area (Å²) in [6, 6.07) is 6.35. The fourth-order valence-electron chi connectivity index (χ4n) is 1.84. The number of nitrogens with zero attached hydrogens (tertiary/aromatic N) is 4. The van der Waals surface area contributed by atoms with Crippen LogP contribution in [0.25, 0.3) is 11.4 Å². The van der Waals surface area contributed by atoms with Crippen molar-refractivity contribution >= 4 is 0 Å². The molecule has 0 fully saturated rings. The first-order valence-corrected chi connectivity index (χ1v) is 6.54. The fraction of sp³-hybridized carbons (Fsp3) is 0.357. The first kappa shape index (κ1) is 16.6. The van der Waals surface area contributed by atoms with Gasteiger partial charge in [-0.3, -0.25) is 4.90 Å². The molecular formula is C14H14F2N4O3. The molecule has 0 radical (unpaired) electrons. The van der Waals surface area contributed by atoms with Crippen molar-refractivity contribution in [3.63, 3.8) is 0 Å². The van der Waals surface area contributed by atoms with Crippen molar-refractivity contribution < 1.29 is 22.8 Å². The van der Waals surface area contributed by atoms with E-state index in [1.165, 1.54) is 25.3 Å². The fourth-order valence-corrected chi connectivity index (χ4v) is 1.84. The highest BCUT2D eigenvalue weighted by Crippen LogP contribution is 2.32. The van der Waals surface area contributed by atoms with Gasteiger partial charge in [-0.2, -0.15) is 19.0 Å². The van der Waals surface area contributed by atoms with Gasteiger partial charge in [0, 0.05) is 5.56 Å². The van der Waals surface area contributed by atoms with Crippen LogP contribution >= 0.6 is 0 Å². The van der Waals surface area contributed by atoms with E-state index in [1.807, 2.05) is 6.07 Å². The van der Waals surface area contributed by atoms with Gasteiger partial charge in [-0.15, -0.1) is 0 Å². The van der Waals surface area contributed by atoms with Crippen molar-refractivity contribution in [1.82, 2.24) is 15.0 Å². The van der Waals surface area contributed by atoms with Gasteiger partial charge in [0.2, 0.25) is 11.7 Å². The predicted octanol–water partition coefficient (Wildman–Crippen LogP) is 2.30. The largest absolute Gasteiger partial charge is 0.493 e. The van der Waals surface area contributed by atoms with Crippen molar-refractivity contribution in [3.8, 4) is 29.0 Å². The molecule has 122 valence electrons. The van der Waals surface area contributed by atoms with Gasteiger partial charge < -0.3 is 14.0 Å². The van der Waals surface area contributed by atoms with Crippen molar-refractivity contribution in [1.29, 1.82) is 5.26 Å². The minimum absolute atomic E-state index is 0.0799. The molecule has 1 aromatic heterocycles. The Hall–Kier alpha value is -2.73. The van der Waals surface area contributed by atoms with Gasteiger partial charge in [-0.25, -0.2) is 0 Å². The van der Waals surface area contributed by atoms with Crippen LogP contribution in [0.2, 0.25) is 0 Å². The monoisotopic (exact) mass is 324 g/mol. The highest BCUT2D eigenvalue weighted by molar-refractivity contribution is 5.60. The molecule has 0 unspecified atom stereocenters. The summed E-state index contributed by atoms with van der Waals surface area (Å²) in [6.45, 7) is -2.39. The Morgan fingerprint density at radius 2 is 2.17 bits per heavy atom. The lowest BCUT2D eigenvalue weighted by Crippen LogP contribution is -2.17. The van der Waals surface area contributed by atoms with Crippen molar-refractivity contribution in [2.24, 2.45) is 0 Å². The van der Waals surface area contributed by atoms with E-state index >= 15 is 0 Å². The maximum atomic E-state index is 12.3. The van der Waals surface area contributed by atoms with Gasteiger partial charge >= 0.3 is 6.61 Å². The third-order valence-electron chi connectivity index (χ3n) is 2.85. The van der Waals surface area contributed by atoms with E-state index in [9.17, 15) is 8.78 Å². The Bertz CT molecular complexity index is 700. The molecule has 1 heterocycles. The van der Waals surface area contributed by atoms with Gasteiger partial charge in [0.15, 0.2) is 11.5 Å². The topological polar surface area (TPSA) is 84.4 Å². The average Bonchev–Trinajstić information content (AvgIpc) is 2.95. The van der Waals surface area contributed by atoms with Gasteiger partial charge in [-0.1, -0.05) is 5.16 Å². The van der Waals surface area contributed by atoms with E-state index in [1.54, 1.807) is 11.9 Å². The molecule has 0 aliphatic heterocycles. The van der Waals surface area contributed by atoms with Crippen LogP contribution in [0.1, 0.15) is 5.89 Å². The Kier molecular flexibility index (Phi) is 5.43. The third kappa shape index (κ3) is 4.37. The summed E-state index contributed by atoms with van der Waals surface area (Å²) in [4.78, 5) is 5.90. The number of hydrogen-bond donors (Lipinski definition) is 0. The Labute approximate surface area is 131 Å². The Morgan fingerprint density at radius 3 is 2.83 bits per heavy atom. The lowest BCUT2D eigenvalue weighted by molar-refractivity contribution is -0.0512. The van der Waals surface area contributed by atoms with Crippen LogP contribution in [-0.2, 0) is 6.54 Å². The number of benzene rings is 1. The molecule has 0 amide bonds. The van der Waals surface area contributed by atoms with Crippen LogP contribution in [0, 0.1) is 11.3 Å². The summed E-state index contributed by atoms with van der Waals surface area (Å²) in [6.07, 6.45) is 0. The molecule has 0 spiro atoms. The summed E-state index contributed by atoms with van der Waals surface area (Å²) in [5.41, 5.74) is 0.529. The zero-order valence-corrected chi connectivity index (χ0v) is 12.5. The molecule has 2 rings (SSSR count). The van der Waals surface area contributed by atoms with Crippen LogP contribution in [0.4, 0.5) is 8.78 Å². The summed E-state index contributed by atoms with van der Waals surface area (Å²) in [5, 5.41) is 12.4. The van der Waals surface area contributed by atoms with Gasteiger partial charge in [0.1, 0.15) is 0 Å². The molecule has 0 aliphatic carbocycles. The van der Waals surface area contributed by atoms with Crippen LogP contribution in [0.5, 0.6) is 11.5 Å². The van der Waals surface area contributed by atoms with Gasteiger partial charge in [-0.05, 0) is 25.2 Å². The number of methoxy groups -OCH3 is 1. The maximum absolute atomic E-state index is 12.3. The second-order valence-electron chi connectivity index (χ2n) is 4.59. The van der Waals surface area contributed by atoms with Gasteiger partial charge in [0.25, 0.3) is 0 Å². The van der Waals surface area contributed by atoms with Crippen LogP contribution in [-0.4, -0.2) is 42.4 Å². The molecule has 0 bridgehead atoms. The number of hydrogen-bond acceptors (Lipinski definition) is 7. The number of rotatable bonds is 7. The van der Waals surface area contributed by atoms with E-state index < -0.39 is 6.61 Å². The van der Waals surface area contributed by atoms with Crippen molar-refractivity contribution in [2.45, 2.75) is 13.2 Å². The lowest BCUT2D eigenvalue weighted by Gasteiger charge is -2.10. The number of halogens is 2. The SMILES string of the molecule is COc1cc(-c2noc(CN(C)CC#N)n2)ccc1OC(F)F. The number of ether oxygens (including phenoxy) is 2. The molecule has 0 aliphatic rings. The number of nitriles is 1. The summed E-state index contributed by atoms with van der Waals surface area (Å²) in [5.74, 6) is 0.677. The van der Waals surface area contributed by atoms with Crippen molar-refractivity contribution in [2.75, 3.05) is 20.7 Å². The second kappa shape index (κ2) is 7.51. The molecule has 0 saturated carbocycles. The zero-order valence-electron chi connectivity index (χ0n) is 12.5. The molecular weight excluding hydrogens is 310 g/mol. The van der Waals surface area contributed by atoms with E-state index in [4.69, 9.17) is 14.5 Å². The summed E-state index contributed by atoms with van der Waals surface area (Å²) in [7, 11) is 3.09. The predicted molar refractivity (Wildman–Crippen MR) is 74.9 cm³/mol. The summed E-state index contributed by atoms with van der Waals surface area (Å²) < 4.78 is 39.1. The minimum atomic E-state index is -2.94. The maximum Gasteiger partial charge on any atom is 0.387 e. The van der Waals surface area contributed by atoms with E-state index in [0.717, 1.165) is 0 Å². The minimum Gasteiger partial charge on any atom is -0.493 e. The standard InChI is InChI=1S/C14H14F2N4O3/c1-20(6-5-17)8-12-18-13(19-23-12)9-3-4-10(22-14(15)16)11(7-9)21-2/h3-4,7,14H,6,8H2,1-2H3. The van der Waals surface area contributed by atoms with E-state index in [-0.39, 0.29) is 23.9 Å². The van der Waals surface area contributed by atoms with Gasteiger partial charge in [0.05, 0.1) is 26.3 Å². The third-order valence-corrected chi connectivity index (χ3v) is 2.85. The molecule has 0 atom stereocenters. The molecule has 1 aromatic carbocycles. The molecule has 23 heavy (non-hydrogen) atoms. The normalized spacial score (nSPS) is 10.8. The van der Waals surface area contributed by atoms with Crippen LogP contribution in [0.15, 0.2) is 22.7 Å². The smallest absolute Gasteiger partial charge is 0.387 e. The molecule has 0 saturated heterocycles. The first-order valence-electron chi connectivity index (χ1n) is 6.54. The molecule has 9 heteroatoms. The van der Waals surface area contributed by atoms with Crippen molar-refractivity contribution in [3.05, 3.63) is 24.1 Å². The molecule has 0 N–H and O–H groups in total. The second-order valence-corrected chi connectivity index (χ2v) is 4.59. The number of alkyl halides is 2. The number of aromatic nitrogens is 2. The first-order chi connectivity index (χ1) is 11.0. The Morgan fingerprint density at radius 1 is 1.39 bits per heavy atom. The van der Waals surface area contributed by atoms with Crippen LogP contribution < -0.4 is 9.47 Å². The Balaban J connectivity index is 2.19. The molecule has 7 nitrogen and oxygen atoms in total. The molecule has 2 aromatic rings. The average molecular weight is 324 g/mol. The zero-order chi connectivity index (χ0) is 16.8. The lowest BCUT2D eigenvalue weighted by atomic mass is 10.2. The van der Waals surface area contributed by atoms with E-state index in [2.05, 4.69) is 14.9 Å². The van der Waals surface area contributed by atoms with E-state index in [0.29, 0.717) is 18.0 Å². The highest BCUT2D eigenvalue weighted by atomic mass is 19.3. The highest BCUT2D eigenvalue weighted by Gasteiger charge is 2.15. The van der Waals surface area contributed by atoms with Crippen LogP contribution in [0.3, 0.4) is 0 Å².